The van der Waals surface area contributed by atoms with Crippen LogP contribution in [0.25, 0.3) is 0 Å². The molecule has 6 nitrogen and oxygen atoms in total. The van der Waals surface area contributed by atoms with Gasteiger partial charge in [0.05, 0.1) is 0 Å². The van der Waals surface area contributed by atoms with Gasteiger partial charge in [-0.15, -0.1) is 0 Å². The van der Waals surface area contributed by atoms with E-state index in [0.717, 1.165) is 29.6 Å². The summed E-state index contributed by atoms with van der Waals surface area (Å²) >= 11 is -2.36. The van der Waals surface area contributed by atoms with E-state index in [0.29, 0.717) is 5.82 Å². The van der Waals surface area contributed by atoms with Crippen LogP contribution in [-0.2, 0) is 4.74 Å². The van der Waals surface area contributed by atoms with E-state index in [-0.39, 0.29) is 12.1 Å². The van der Waals surface area contributed by atoms with Gasteiger partial charge in [0, 0.05) is 0 Å². The first kappa shape index (κ1) is 19.4. The zero-order valence-corrected chi connectivity index (χ0v) is 18.6. The van der Waals surface area contributed by atoms with Crippen LogP contribution in [0.1, 0.15) is 33.6 Å². The third kappa shape index (κ3) is 5.31. The summed E-state index contributed by atoms with van der Waals surface area (Å²) in [6.45, 7) is 7.46. The van der Waals surface area contributed by atoms with Gasteiger partial charge in [-0.05, 0) is 0 Å². The van der Waals surface area contributed by atoms with E-state index in [4.69, 9.17) is 9.72 Å². The molecule has 24 heavy (non-hydrogen) atoms. The molecule has 1 aliphatic heterocycles. The standard InChI is InChI=1S/C14H21N4O2.3CH3.Sn/c1-14(2,3)20-13(19)18(11-4-6-15-7-5-11)12-10-16-8-9-17-12;;;;/h8,10-11,15H,4-7H2,1-3H3;3*1H3;. The summed E-state index contributed by atoms with van der Waals surface area (Å²) in [5.41, 5.74) is -0.531. The van der Waals surface area contributed by atoms with Crippen molar-refractivity contribution in [2.75, 3.05) is 18.0 Å². The monoisotopic (exact) mass is 442 g/mol. The van der Waals surface area contributed by atoms with E-state index in [9.17, 15) is 4.79 Å². The van der Waals surface area contributed by atoms with Crippen molar-refractivity contribution in [2.45, 2.75) is 60.1 Å². The molecule has 1 amide bonds. The van der Waals surface area contributed by atoms with Crippen LogP contribution >= 0.6 is 0 Å². The number of nitrogens with zero attached hydrogens (tertiary/aromatic N) is 3. The van der Waals surface area contributed by atoms with Crippen LogP contribution in [0.2, 0.25) is 14.8 Å². The fourth-order valence-corrected chi connectivity index (χ4v) is 5.24. The van der Waals surface area contributed by atoms with Gasteiger partial charge in [0.1, 0.15) is 0 Å². The number of carbonyl (C=O) groups excluding carboxylic acids is 1. The van der Waals surface area contributed by atoms with E-state index in [1.807, 2.05) is 27.0 Å². The Kier molecular flexibility index (Phi) is 6.12. The first-order chi connectivity index (χ1) is 11.1. The fourth-order valence-electron chi connectivity index (χ4n) is 2.64. The SMILES string of the molecule is CC(C)(C)OC(=O)N(c1cnc[c]([Sn]([CH3])([CH3])[CH3])n1)C1CCNCC1. The van der Waals surface area contributed by atoms with Crippen molar-refractivity contribution >= 4 is 34.0 Å². The summed E-state index contributed by atoms with van der Waals surface area (Å²) in [7, 11) is 0. The fraction of sp³-hybridized carbons (Fsp3) is 0.706. The summed E-state index contributed by atoms with van der Waals surface area (Å²) in [6, 6.07) is 0.0980. The minimum atomic E-state index is -2.36. The van der Waals surface area contributed by atoms with Gasteiger partial charge in [0.15, 0.2) is 0 Å². The number of rotatable bonds is 3. The molecule has 0 atom stereocenters. The van der Waals surface area contributed by atoms with E-state index in [1.165, 1.54) is 0 Å². The van der Waals surface area contributed by atoms with Crippen molar-refractivity contribution in [3.05, 3.63) is 12.4 Å². The van der Waals surface area contributed by atoms with Crippen LogP contribution in [0.4, 0.5) is 10.6 Å². The molecular formula is C17H30N4O2Sn. The maximum absolute atomic E-state index is 12.9. The maximum atomic E-state index is 12.9. The topological polar surface area (TPSA) is 67.3 Å². The Morgan fingerprint density at radius 3 is 2.42 bits per heavy atom. The number of piperidine rings is 1. The number of hydrogen-bond acceptors (Lipinski definition) is 5. The van der Waals surface area contributed by atoms with Crippen LogP contribution in [0.15, 0.2) is 12.4 Å². The Morgan fingerprint density at radius 2 is 1.88 bits per heavy atom. The Hall–Kier alpha value is -0.891. The van der Waals surface area contributed by atoms with Crippen LogP contribution in [0.5, 0.6) is 0 Å². The van der Waals surface area contributed by atoms with Crippen LogP contribution in [-0.4, -0.2) is 59.2 Å². The molecule has 0 aromatic carbocycles. The molecule has 1 aromatic rings. The molecule has 1 aromatic heterocycles. The molecule has 0 radical (unpaired) electrons. The molecule has 2 heterocycles. The number of anilines is 1. The van der Waals surface area contributed by atoms with Crippen LogP contribution < -0.4 is 13.9 Å². The van der Waals surface area contributed by atoms with E-state index < -0.39 is 24.0 Å². The molecule has 7 heteroatoms. The number of carbonyl (C=O) groups is 1. The zero-order chi connectivity index (χ0) is 18.0. The van der Waals surface area contributed by atoms with Crippen molar-refractivity contribution in [3.63, 3.8) is 0 Å². The predicted octanol–water partition coefficient (Wildman–Crippen LogP) is 2.52. The molecule has 1 fully saturated rings. The molecular weight excluding hydrogens is 411 g/mol. The Morgan fingerprint density at radius 1 is 1.25 bits per heavy atom. The molecule has 0 spiro atoms. The van der Waals surface area contributed by atoms with Crippen molar-refractivity contribution < 1.29 is 9.53 Å². The second-order valence-corrected chi connectivity index (χ2v) is 22.6. The number of aromatic nitrogens is 2. The van der Waals surface area contributed by atoms with E-state index in [2.05, 4.69) is 25.1 Å². The second kappa shape index (κ2) is 7.56. The van der Waals surface area contributed by atoms with Gasteiger partial charge in [-0.1, -0.05) is 0 Å². The molecule has 1 aliphatic rings. The summed E-state index contributed by atoms with van der Waals surface area (Å²) in [5.74, 6) is 0.625. The Labute approximate surface area is 149 Å². The van der Waals surface area contributed by atoms with Gasteiger partial charge in [-0.2, -0.15) is 0 Å². The number of nitrogens with one attached hydrogen (secondary N) is 1. The van der Waals surface area contributed by atoms with Gasteiger partial charge in [-0.25, -0.2) is 0 Å². The van der Waals surface area contributed by atoms with Gasteiger partial charge >= 0.3 is 149 Å². The third-order valence-corrected chi connectivity index (χ3v) is 8.97. The molecule has 2 rings (SSSR count). The van der Waals surface area contributed by atoms with E-state index >= 15 is 0 Å². The molecule has 0 unspecified atom stereocenters. The minimum absolute atomic E-state index is 0.0980. The normalized spacial score (nSPS) is 16.8. The summed E-state index contributed by atoms with van der Waals surface area (Å²) in [5, 5.41) is 3.34. The quantitative estimate of drug-likeness (QED) is 0.731. The molecule has 0 aliphatic carbocycles. The average molecular weight is 441 g/mol. The van der Waals surface area contributed by atoms with Crippen molar-refractivity contribution in [1.82, 2.24) is 15.3 Å². The third-order valence-electron chi connectivity index (χ3n) is 3.90. The summed E-state index contributed by atoms with van der Waals surface area (Å²) in [4.78, 5) is 30.6. The number of hydrogen-bond donors (Lipinski definition) is 1. The predicted molar refractivity (Wildman–Crippen MR) is 99.6 cm³/mol. The van der Waals surface area contributed by atoms with Crippen LogP contribution in [0.3, 0.4) is 0 Å². The first-order valence-corrected chi connectivity index (χ1v) is 18.6. The average Bonchev–Trinajstić information content (AvgIpc) is 2.46. The van der Waals surface area contributed by atoms with Gasteiger partial charge in [0.2, 0.25) is 0 Å². The van der Waals surface area contributed by atoms with Gasteiger partial charge in [-0.3, -0.25) is 0 Å². The van der Waals surface area contributed by atoms with E-state index in [1.54, 1.807) is 11.1 Å². The van der Waals surface area contributed by atoms with Crippen LogP contribution in [0, 0.1) is 0 Å². The molecule has 1 N–H and O–H groups in total. The summed E-state index contributed by atoms with van der Waals surface area (Å²) < 4.78 is 6.72. The first-order valence-electron chi connectivity index (χ1n) is 8.63. The van der Waals surface area contributed by atoms with Gasteiger partial charge < -0.3 is 0 Å². The molecule has 0 saturated carbocycles. The van der Waals surface area contributed by atoms with Crippen molar-refractivity contribution in [3.8, 4) is 0 Å². The Balaban J connectivity index is 2.36. The summed E-state index contributed by atoms with van der Waals surface area (Å²) in [6.07, 6.45) is 5.00. The number of ether oxygens (including phenoxy) is 1. The second-order valence-electron chi connectivity index (χ2n) is 8.34. The molecule has 1 saturated heterocycles. The Bertz CT molecular complexity index is 575. The van der Waals surface area contributed by atoms with Crippen molar-refractivity contribution in [2.24, 2.45) is 0 Å². The zero-order valence-electron chi connectivity index (χ0n) is 15.7. The molecule has 0 bridgehead atoms. The number of amides is 1. The van der Waals surface area contributed by atoms with Gasteiger partial charge in [0.25, 0.3) is 0 Å². The molecule has 134 valence electrons. The van der Waals surface area contributed by atoms with Crippen molar-refractivity contribution in [1.29, 1.82) is 0 Å².